The van der Waals surface area contributed by atoms with Gasteiger partial charge in [-0.25, -0.2) is 4.79 Å². The molecule has 2 aromatic carbocycles. The molecule has 162 valence electrons. The van der Waals surface area contributed by atoms with Gasteiger partial charge in [0.25, 0.3) is 0 Å². The quantitative estimate of drug-likeness (QED) is 0.314. The predicted octanol–water partition coefficient (Wildman–Crippen LogP) is 3.65. The van der Waals surface area contributed by atoms with Crippen molar-refractivity contribution in [3.8, 4) is 0 Å². The third-order valence-electron chi connectivity index (χ3n) is 6.99. The minimum atomic E-state index is -0.632. The molecule has 0 N–H and O–H groups in total. The molecular weight excluding hydrogens is 406 g/mol. The Morgan fingerprint density at radius 2 is 1.47 bits per heavy atom. The lowest BCUT2D eigenvalue weighted by atomic mass is 9.85. The highest BCUT2D eigenvalue weighted by atomic mass is 16.5. The standard InChI is InChI=1S/C26H23NO5/c1-14-3-4-17(11-15(14)2)21(28)13-32-26(31)16-7-9-20(10-8-16)27-24(29)22-18-5-6-19(12-18)23(22)25(27)30/h3-11,18-19,22-23H,12-13H2,1-2H3/t18-,19-,22+,23+/m0/s1. The zero-order chi connectivity index (χ0) is 22.6. The van der Waals surface area contributed by atoms with Crippen LogP contribution in [-0.2, 0) is 14.3 Å². The fraction of sp³-hybridized carbons (Fsp3) is 0.308. The smallest absolute Gasteiger partial charge is 0.338 e. The molecule has 4 atom stereocenters. The highest BCUT2D eigenvalue weighted by Crippen LogP contribution is 2.53. The molecule has 1 saturated heterocycles. The second-order valence-corrected chi connectivity index (χ2v) is 8.86. The Hall–Kier alpha value is -3.54. The third-order valence-corrected chi connectivity index (χ3v) is 6.99. The maximum Gasteiger partial charge on any atom is 0.338 e. The first-order valence-corrected chi connectivity index (χ1v) is 10.8. The number of Topliss-reactive ketones (excluding diaryl/α,β-unsaturated/α-hetero) is 1. The Balaban J connectivity index is 1.24. The van der Waals surface area contributed by atoms with E-state index in [4.69, 9.17) is 4.74 Å². The number of rotatable bonds is 5. The van der Waals surface area contributed by atoms with Crippen LogP contribution in [0.2, 0.25) is 0 Å². The van der Waals surface area contributed by atoms with Crippen LogP contribution in [0.4, 0.5) is 5.69 Å². The van der Waals surface area contributed by atoms with Gasteiger partial charge in [-0.1, -0.05) is 24.3 Å². The summed E-state index contributed by atoms with van der Waals surface area (Å²) in [5, 5.41) is 0. The Bertz CT molecular complexity index is 1150. The number of amides is 2. The van der Waals surface area contributed by atoms with Crippen molar-refractivity contribution in [2.24, 2.45) is 23.7 Å². The number of carbonyl (C=O) groups excluding carboxylic acids is 4. The van der Waals surface area contributed by atoms with E-state index in [1.807, 2.05) is 19.9 Å². The average molecular weight is 429 g/mol. The summed E-state index contributed by atoms with van der Waals surface area (Å²) in [5.41, 5.74) is 3.29. The van der Waals surface area contributed by atoms with Gasteiger partial charge in [0.15, 0.2) is 12.4 Å². The highest BCUT2D eigenvalue weighted by Gasteiger charge is 2.59. The first-order chi connectivity index (χ1) is 15.3. The number of esters is 1. The van der Waals surface area contributed by atoms with Gasteiger partial charge in [-0.2, -0.15) is 0 Å². The number of aryl methyl sites for hydroxylation is 2. The lowest BCUT2D eigenvalue weighted by Crippen LogP contribution is -2.32. The molecule has 2 aliphatic carbocycles. The summed E-state index contributed by atoms with van der Waals surface area (Å²) in [6.45, 7) is 3.53. The fourth-order valence-electron chi connectivity index (χ4n) is 5.12. The van der Waals surface area contributed by atoms with Crippen LogP contribution in [0.25, 0.3) is 0 Å². The highest BCUT2D eigenvalue weighted by molar-refractivity contribution is 6.22. The van der Waals surface area contributed by atoms with Gasteiger partial charge in [0.05, 0.1) is 23.1 Å². The summed E-state index contributed by atoms with van der Waals surface area (Å²) >= 11 is 0. The summed E-state index contributed by atoms with van der Waals surface area (Å²) in [4.78, 5) is 51.8. The Labute approximate surface area is 185 Å². The Kier molecular flexibility index (Phi) is 4.81. The van der Waals surface area contributed by atoms with Crippen molar-refractivity contribution in [2.75, 3.05) is 11.5 Å². The average Bonchev–Trinajstić information content (AvgIpc) is 3.47. The minimum absolute atomic E-state index is 0.149. The molecule has 3 aliphatic rings. The summed E-state index contributed by atoms with van der Waals surface area (Å²) in [6, 6.07) is 11.5. The monoisotopic (exact) mass is 429 g/mol. The second-order valence-electron chi connectivity index (χ2n) is 8.86. The van der Waals surface area contributed by atoms with Crippen LogP contribution in [0.1, 0.15) is 38.3 Å². The minimum Gasteiger partial charge on any atom is -0.454 e. The predicted molar refractivity (Wildman–Crippen MR) is 117 cm³/mol. The number of carbonyl (C=O) groups is 4. The normalized spacial score (nSPS) is 25.4. The third kappa shape index (κ3) is 3.18. The molecule has 5 rings (SSSR count). The number of hydrogen-bond donors (Lipinski definition) is 0. The molecule has 0 spiro atoms. The van der Waals surface area contributed by atoms with Crippen molar-refractivity contribution in [3.05, 3.63) is 76.9 Å². The summed E-state index contributed by atoms with van der Waals surface area (Å²) in [6.07, 6.45) is 4.99. The number of anilines is 1. The van der Waals surface area contributed by atoms with Crippen molar-refractivity contribution in [3.63, 3.8) is 0 Å². The first kappa shape index (κ1) is 20.4. The lowest BCUT2D eigenvalue weighted by Gasteiger charge is -2.17. The SMILES string of the molecule is Cc1ccc(C(=O)COC(=O)c2ccc(N3C(=O)[C@H]4[C@H](C3=O)[C@H]3C=C[C@H]4C3)cc2)cc1C. The van der Waals surface area contributed by atoms with E-state index < -0.39 is 5.97 Å². The summed E-state index contributed by atoms with van der Waals surface area (Å²) in [5.74, 6) is -1.46. The molecule has 0 unspecified atom stereocenters. The molecule has 6 heteroatoms. The van der Waals surface area contributed by atoms with Gasteiger partial charge in [0.2, 0.25) is 11.8 Å². The van der Waals surface area contributed by atoms with Gasteiger partial charge < -0.3 is 4.74 Å². The number of hydrogen-bond acceptors (Lipinski definition) is 5. The molecule has 2 bridgehead atoms. The van der Waals surface area contributed by atoms with E-state index >= 15 is 0 Å². The molecule has 1 saturated carbocycles. The lowest BCUT2D eigenvalue weighted by molar-refractivity contribution is -0.123. The van der Waals surface area contributed by atoms with Gasteiger partial charge >= 0.3 is 5.97 Å². The van der Waals surface area contributed by atoms with Crippen molar-refractivity contribution in [1.29, 1.82) is 0 Å². The zero-order valence-corrected chi connectivity index (χ0v) is 17.9. The number of benzene rings is 2. The van der Waals surface area contributed by atoms with Crippen LogP contribution in [0, 0.1) is 37.5 Å². The maximum absolute atomic E-state index is 12.9. The van der Waals surface area contributed by atoms with Crippen molar-refractivity contribution in [2.45, 2.75) is 20.3 Å². The van der Waals surface area contributed by atoms with Gasteiger partial charge in [-0.3, -0.25) is 19.3 Å². The molecule has 6 nitrogen and oxygen atoms in total. The van der Waals surface area contributed by atoms with Crippen LogP contribution in [0.5, 0.6) is 0 Å². The summed E-state index contributed by atoms with van der Waals surface area (Å²) < 4.78 is 5.17. The van der Waals surface area contributed by atoms with Crippen molar-refractivity contribution >= 4 is 29.3 Å². The Morgan fingerprint density at radius 3 is 2.06 bits per heavy atom. The van der Waals surface area contributed by atoms with E-state index in [0.29, 0.717) is 11.3 Å². The van der Waals surface area contributed by atoms with Crippen LogP contribution in [0.15, 0.2) is 54.6 Å². The molecular formula is C26H23NO5. The number of ketones is 1. The van der Waals surface area contributed by atoms with Gasteiger partial charge in [-0.15, -0.1) is 0 Å². The fourth-order valence-corrected chi connectivity index (χ4v) is 5.12. The number of allylic oxidation sites excluding steroid dienone is 2. The number of imide groups is 1. The maximum atomic E-state index is 12.9. The van der Waals surface area contributed by atoms with Crippen LogP contribution < -0.4 is 4.90 Å². The molecule has 1 heterocycles. The van der Waals surface area contributed by atoms with E-state index in [1.165, 1.54) is 17.0 Å². The van der Waals surface area contributed by atoms with E-state index in [-0.39, 0.29) is 53.4 Å². The summed E-state index contributed by atoms with van der Waals surface area (Å²) in [7, 11) is 0. The topological polar surface area (TPSA) is 80.8 Å². The van der Waals surface area contributed by atoms with Crippen LogP contribution >= 0.6 is 0 Å². The van der Waals surface area contributed by atoms with E-state index in [1.54, 1.807) is 24.3 Å². The molecule has 32 heavy (non-hydrogen) atoms. The van der Waals surface area contributed by atoms with Gasteiger partial charge in [-0.05, 0) is 73.6 Å². The number of ether oxygens (including phenoxy) is 1. The van der Waals surface area contributed by atoms with E-state index in [2.05, 4.69) is 12.2 Å². The number of nitrogens with zero attached hydrogens (tertiary/aromatic N) is 1. The van der Waals surface area contributed by atoms with Crippen LogP contribution in [0.3, 0.4) is 0 Å². The second kappa shape index (κ2) is 7.55. The van der Waals surface area contributed by atoms with Crippen LogP contribution in [-0.4, -0.2) is 30.2 Å². The van der Waals surface area contributed by atoms with Gasteiger partial charge in [0.1, 0.15) is 0 Å². The molecule has 2 fully saturated rings. The van der Waals surface area contributed by atoms with E-state index in [9.17, 15) is 19.2 Å². The molecule has 0 radical (unpaired) electrons. The zero-order valence-electron chi connectivity index (χ0n) is 17.9. The van der Waals surface area contributed by atoms with Crippen molar-refractivity contribution < 1.29 is 23.9 Å². The van der Waals surface area contributed by atoms with E-state index in [0.717, 1.165) is 17.5 Å². The first-order valence-electron chi connectivity index (χ1n) is 10.8. The number of fused-ring (bicyclic) bond motifs is 5. The molecule has 2 aromatic rings. The van der Waals surface area contributed by atoms with Gasteiger partial charge in [0, 0.05) is 5.56 Å². The molecule has 0 aromatic heterocycles. The largest absolute Gasteiger partial charge is 0.454 e. The molecule has 2 amide bonds. The van der Waals surface area contributed by atoms with Crippen molar-refractivity contribution in [1.82, 2.24) is 0 Å². The molecule has 1 aliphatic heterocycles. The Morgan fingerprint density at radius 1 is 0.875 bits per heavy atom.